The third-order valence-corrected chi connectivity index (χ3v) is 5.32. The van der Waals surface area contributed by atoms with Crippen molar-refractivity contribution in [2.45, 2.75) is 6.42 Å². The van der Waals surface area contributed by atoms with Crippen molar-refractivity contribution in [1.82, 2.24) is 15.4 Å². The highest BCUT2D eigenvalue weighted by molar-refractivity contribution is 9.10. The summed E-state index contributed by atoms with van der Waals surface area (Å²) in [5, 5.41) is 1.78. The fourth-order valence-electron chi connectivity index (χ4n) is 3.20. The second-order valence-corrected chi connectivity index (χ2v) is 8.00. The molecular weight excluding hydrogens is 466 g/mol. The number of hydrogen-bond acceptors (Lipinski definition) is 3. The molecule has 4 aromatic rings. The van der Waals surface area contributed by atoms with Crippen molar-refractivity contribution in [2.75, 3.05) is 11.6 Å². The average molecular weight is 488 g/mol. The van der Waals surface area contributed by atoms with Crippen LogP contribution in [0.3, 0.4) is 0 Å². The molecule has 0 saturated heterocycles. The van der Waals surface area contributed by atoms with Crippen molar-refractivity contribution >= 4 is 33.9 Å². The Bertz CT molecular complexity index is 1190. The van der Waals surface area contributed by atoms with E-state index in [9.17, 15) is 4.79 Å². The van der Waals surface area contributed by atoms with Gasteiger partial charge in [-0.05, 0) is 41.5 Å². The summed E-state index contributed by atoms with van der Waals surface area (Å²) in [7, 11) is 0. The summed E-state index contributed by atoms with van der Waals surface area (Å²) in [6.45, 7) is 0.634. The molecule has 1 amide bonds. The smallest absolute Gasteiger partial charge is 0.278 e. The predicted octanol–water partition coefficient (Wildman–Crippen LogP) is 5.26. The molecule has 0 atom stereocenters. The van der Waals surface area contributed by atoms with Gasteiger partial charge >= 0.3 is 0 Å². The second-order valence-electron chi connectivity index (χ2n) is 7.08. The number of rotatable bonds is 8. The maximum absolute atomic E-state index is 12.6. The number of anilines is 1. The van der Waals surface area contributed by atoms with Gasteiger partial charge in [-0.2, -0.15) is 4.99 Å². The minimum Gasteiger partial charge on any atom is -0.348 e. The molecule has 2 N–H and O–H groups in total. The summed E-state index contributed by atoms with van der Waals surface area (Å²) in [6.07, 6.45) is 5.74. The summed E-state index contributed by atoms with van der Waals surface area (Å²) >= 11 is 3.40. The largest absolute Gasteiger partial charge is 0.348 e. The summed E-state index contributed by atoms with van der Waals surface area (Å²) in [5.41, 5.74) is 7.97. The number of halogens is 1. The van der Waals surface area contributed by atoms with Crippen molar-refractivity contribution in [3.8, 4) is 11.1 Å². The Morgan fingerprint density at radius 1 is 1.03 bits per heavy atom. The van der Waals surface area contributed by atoms with Crippen LogP contribution in [-0.4, -0.2) is 28.8 Å². The van der Waals surface area contributed by atoms with Crippen LogP contribution in [0.2, 0.25) is 0 Å². The summed E-state index contributed by atoms with van der Waals surface area (Å²) in [4.78, 5) is 23.9. The van der Waals surface area contributed by atoms with E-state index in [1.807, 2.05) is 42.5 Å². The number of benzene rings is 3. The number of amides is 1. The zero-order valence-electron chi connectivity index (χ0n) is 17.3. The number of nitrogens with zero attached hydrogens (tertiary/aromatic N) is 3. The number of H-pyrrole nitrogens is 1. The lowest BCUT2D eigenvalue weighted by molar-refractivity contribution is 0.100. The number of imidazole rings is 1. The Morgan fingerprint density at radius 3 is 2.62 bits per heavy atom. The number of aliphatic imine (C=N–C) groups is 1. The monoisotopic (exact) mass is 487 g/mol. The molecule has 0 unspecified atom stereocenters. The Hall–Kier alpha value is -3.55. The van der Waals surface area contributed by atoms with E-state index in [0.717, 1.165) is 33.4 Å². The normalized spacial score (nSPS) is 11.0. The quantitative estimate of drug-likeness (QED) is 0.202. The van der Waals surface area contributed by atoms with Crippen LogP contribution >= 0.6 is 15.9 Å². The van der Waals surface area contributed by atoms with Gasteiger partial charge in [0, 0.05) is 34.9 Å². The van der Waals surface area contributed by atoms with Gasteiger partial charge in [0.2, 0.25) is 0 Å². The molecule has 1 aromatic heterocycles. The number of aromatic amines is 1. The molecule has 160 valence electrons. The number of hydrogen-bond donors (Lipinski definition) is 2. The van der Waals surface area contributed by atoms with Crippen LogP contribution in [0.15, 0.2) is 101 Å². The van der Waals surface area contributed by atoms with Crippen LogP contribution < -0.4 is 10.4 Å². The van der Waals surface area contributed by atoms with Crippen molar-refractivity contribution in [2.24, 2.45) is 4.99 Å². The zero-order chi connectivity index (χ0) is 22.2. The van der Waals surface area contributed by atoms with Gasteiger partial charge in [-0.15, -0.1) is 0 Å². The maximum atomic E-state index is 12.6. The highest BCUT2D eigenvalue weighted by Gasteiger charge is 2.09. The molecular formula is C25H22BrN5O. The van der Waals surface area contributed by atoms with E-state index in [4.69, 9.17) is 0 Å². The van der Waals surface area contributed by atoms with Crippen LogP contribution in [0.1, 0.15) is 16.1 Å². The van der Waals surface area contributed by atoms with Crippen molar-refractivity contribution < 1.29 is 4.79 Å². The third-order valence-electron chi connectivity index (χ3n) is 4.82. The number of hydrazine groups is 1. The molecule has 0 spiro atoms. The Balaban J connectivity index is 1.56. The van der Waals surface area contributed by atoms with Crippen LogP contribution in [-0.2, 0) is 6.42 Å². The first-order chi connectivity index (χ1) is 15.7. The van der Waals surface area contributed by atoms with Crippen LogP contribution in [0, 0.1) is 0 Å². The minimum absolute atomic E-state index is 0.314. The Kier molecular flexibility index (Phi) is 7.22. The zero-order valence-corrected chi connectivity index (χ0v) is 18.9. The van der Waals surface area contributed by atoms with Crippen molar-refractivity contribution in [3.05, 3.63) is 107 Å². The molecule has 6 nitrogen and oxygen atoms in total. The van der Waals surface area contributed by atoms with Crippen molar-refractivity contribution in [3.63, 3.8) is 0 Å². The summed E-state index contributed by atoms with van der Waals surface area (Å²) in [6, 6.07) is 25.4. The van der Waals surface area contributed by atoms with Crippen LogP contribution in [0.4, 0.5) is 5.69 Å². The van der Waals surface area contributed by atoms with E-state index in [1.165, 1.54) is 6.34 Å². The molecule has 7 heteroatoms. The van der Waals surface area contributed by atoms with Crippen molar-refractivity contribution in [1.29, 1.82) is 0 Å². The molecule has 0 radical (unpaired) electrons. The first-order valence-electron chi connectivity index (χ1n) is 10.2. The van der Waals surface area contributed by atoms with E-state index in [0.29, 0.717) is 12.1 Å². The van der Waals surface area contributed by atoms with Gasteiger partial charge in [0.05, 0.1) is 12.0 Å². The predicted molar refractivity (Wildman–Crippen MR) is 132 cm³/mol. The lowest BCUT2D eigenvalue weighted by Gasteiger charge is -2.21. The van der Waals surface area contributed by atoms with E-state index in [-0.39, 0.29) is 5.91 Å². The van der Waals surface area contributed by atoms with Gasteiger partial charge in [0.1, 0.15) is 6.34 Å². The fourth-order valence-corrected chi connectivity index (χ4v) is 3.60. The molecule has 0 aliphatic rings. The lowest BCUT2D eigenvalue weighted by Crippen LogP contribution is -2.38. The van der Waals surface area contributed by atoms with E-state index >= 15 is 0 Å². The highest BCUT2D eigenvalue weighted by Crippen LogP contribution is 2.23. The molecule has 3 aromatic carbocycles. The average Bonchev–Trinajstić information content (AvgIpc) is 3.35. The molecule has 1 heterocycles. The van der Waals surface area contributed by atoms with Gasteiger partial charge in [-0.25, -0.2) is 10.4 Å². The highest BCUT2D eigenvalue weighted by atomic mass is 79.9. The third kappa shape index (κ3) is 5.78. The molecule has 0 fully saturated rings. The second kappa shape index (κ2) is 10.7. The summed E-state index contributed by atoms with van der Waals surface area (Å²) < 4.78 is 0.837. The van der Waals surface area contributed by atoms with E-state index < -0.39 is 0 Å². The number of carbonyl (C=O) groups is 1. The molecule has 0 saturated carbocycles. The Morgan fingerprint density at radius 2 is 1.84 bits per heavy atom. The number of carbonyl (C=O) groups excluding carboxylic acids is 1. The first kappa shape index (κ1) is 21.7. The molecule has 0 bridgehead atoms. The Labute approximate surface area is 195 Å². The first-order valence-corrected chi connectivity index (χ1v) is 11.0. The molecule has 32 heavy (non-hydrogen) atoms. The molecule has 0 aliphatic heterocycles. The standard InChI is InChI=1S/C25H22BrN5O/c26-22-10-4-9-21(14-22)25(32)29-18-31(30-13-12-23-16-27-17-28-23)24-11-5-8-20(15-24)19-6-2-1-3-7-19/h1-11,14-18,30H,12-13H2,(H,27,28). The SMILES string of the molecule is O=C(N=CN(NCCc1cnc[nH]1)c1cccc(-c2ccccc2)c1)c1cccc(Br)c1. The maximum Gasteiger partial charge on any atom is 0.278 e. The topological polar surface area (TPSA) is 73.4 Å². The van der Waals surface area contributed by atoms with Gasteiger partial charge in [-0.1, -0.05) is 64.5 Å². The van der Waals surface area contributed by atoms with E-state index in [1.54, 1.807) is 29.7 Å². The fraction of sp³-hybridized carbons (Fsp3) is 0.0800. The van der Waals surface area contributed by atoms with Gasteiger partial charge in [0.25, 0.3) is 5.91 Å². The van der Waals surface area contributed by atoms with Crippen LogP contribution in [0.5, 0.6) is 0 Å². The van der Waals surface area contributed by atoms with Gasteiger partial charge in [0.15, 0.2) is 0 Å². The van der Waals surface area contributed by atoms with Gasteiger partial charge in [-0.3, -0.25) is 9.80 Å². The molecule has 4 rings (SSSR count). The lowest BCUT2D eigenvalue weighted by atomic mass is 10.1. The summed E-state index contributed by atoms with van der Waals surface area (Å²) in [5.74, 6) is -0.314. The molecule has 0 aliphatic carbocycles. The number of aromatic nitrogens is 2. The minimum atomic E-state index is -0.314. The number of nitrogens with one attached hydrogen (secondary N) is 2. The van der Waals surface area contributed by atoms with E-state index in [2.05, 4.69) is 60.6 Å². The van der Waals surface area contributed by atoms with Crippen LogP contribution in [0.25, 0.3) is 11.1 Å². The van der Waals surface area contributed by atoms with Gasteiger partial charge < -0.3 is 4.98 Å².